The lowest BCUT2D eigenvalue weighted by atomic mass is 10.2. The summed E-state index contributed by atoms with van der Waals surface area (Å²) in [5, 5.41) is 18.9. The average molecular weight is 582 g/mol. The summed E-state index contributed by atoms with van der Waals surface area (Å²) in [6.07, 6.45) is 5.25. The monoisotopic (exact) mass is 580 g/mol. The maximum Gasteiger partial charge on any atom is 0.339 e. The number of pyridine rings is 4. The van der Waals surface area contributed by atoms with Crippen molar-refractivity contribution in [2.24, 2.45) is 0 Å². The molecule has 4 aromatic rings. The minimum Gasteiger partial charge on any atom is -0.354 e. The lowest BCUT2D eigenvalue weighted by Gasteiger charge is -2.01. The van der Waals surface area contributed by atoms with E-state index < -0.39 is 26.2 Å². The molecule has 0 fully saturated rings. The van der Waals surface area contributed by atoms with Gasteiger partial charge < -0.3 is 4.98 Å². The number of rotatable bonds is 2. The fourth-order valence-corrected chi connectivity index (χ4v) is 2.90. The van der Waals surface area contributed by atoms with Crippen molar-refractivity contribution in [3.05, 3.63) is 83.8 Å². The summed E-state index contributed by atoms with van der Waals surface area (Å²) < 4.78 is 9.51. The highest BCUT2D eigenvalue weighted by Gasteiger charge is 2.16. The zero-order valence-electron chi connectivity index (χ0n) is 17.6. The van der Waals surface area contributed by atoms with Crippen LogP contribution in [0.3, 0.4) is 0 Å². The fraction of sp³-hybridized carbons (Fsp3) is 0.111. The van der Waals surface area contributed by atoms with Crippen LogP contribution in [0.25, 0.3) is 21.8 Å². The number of nitrogens with zero attached hydrogens (tertiary/aromatic N) is 5. The van der Waals surface area contributed by atoms with Crippen molar-refractivity contribution in [2.75, 3.05) is 0 Å². The Kier molecular flexibility index (Phi) is 9.47. The van der Waals surface area contributed by atoms with Gasteiger partial charge in [0, 0.05) is 16.8 Å². The minimum atomic E-state index is -3.22. The third kappa shape index (κ3) is 8.08. The minimum absolute atomic E-state index is 0.107. The second-order valence-electron chi connectivity index (χ2n) is 6.59. The standard InChI is InChI=1S/C9H6ClN3O2.C9H7N3O3.Cl3OP/c1-5-2-6-7(3-11-5)12-4-8(9(6)10)13(14)15;1-5-2-6-7(3-10-5)11-4-8(9(6)13)12(14)15;1-5(2,3)4/h2-4H,1H3;2-4H,1H3,(H,11,13);. The Hall–Kier alpha value is -2.89. The Morgan fingerprint density at radius 2 is 1.40 bits per heavy atom. The lowest BCUT2D eigenvalue weighted by molar-refractivity contribution is -0.386. The topological polar surface area (TPSA) is 175 Å². The van der Waals surface area contributed by atoms with E-state index >= 15 is 0 Å². The van der Waals surface area contributed by atoms with Crippen LogP contribution in [0.4, 0.5) is 11.4 Å². The summed E-state index contributed by atoms with van der Waals surface area (Å²) in [6.45, 7) is 3.51. The molecule has 4 heterocycles. The van der Waals surface area contributed by atoms with E-state index in [1.54, 1.807) is 26.1 Å². The van der Waals surface area contributed by atoms with E-state index in [2.05, 4.69) is 53.7 Å². The first-order valence-corrected chi connectivity index (χ1v) is 13.9. The summed E-state index contributed by atoms with van der Waals surface area (Å²) in [6, 6.07) is 3.21. The third-order valence-electron chi connectivity index (χ3n) is 4.08. The van der Waals surface area contributed by atoms with E-state index in [1.165, 1.54) is 12.3 Å². The van der Waals surface area contributed by atoms with E-state index in [0.29, 0.717) is 22.1 Å². The van der Waals surface area contributed by atoms with Crippen LogP contribution >= 0.6 is 50.5 Å². The normalized spacial score (nSPS) is 10.7. The quantitative estimate of drug-likeness (QED) is 0.158. The Labute approximate surface area is 215 Å². The Morgan fingerprint density at radius 3 is 1.94 bits per heavy atom. The van der Waals surface area contributed by atoms with Gasteiger partial charge in [-0.3, -0.25) is 39.6 Å². The van der Waals surface area contributed by atoms with E-state index in [1.807, 2.05) is 0 Å². The van der Waals surface area contributed by atoms with Crippen LogP contribution in [0, 0.1) is 34.1 Å². The number of nitrogens with one attached hydrogen (secondary N) is 1. The Bertz CT molecular complexity index is 1540. The molecule has 0 radical (unpaired) electrons. The highest BCUT2D eigenvalue weighted by atomic mass is 36.0. The van der Waals surface area contributed by atoms with Crippen molar-refractivity contribution in [3.8, 4) is 0 Å². The highest BCUT2D eigenvalue weighted by Crippen LogP contribution is 2.61. The first-order valence-electron chi connectivity index (χ1n) is 9.05. The Morgan fingerprint density at radius 1 is 0.886 bits per heavy atom. The van der Waals surface area contributed by atoms with Crippen molar-refractivity contribution in [3.63, 3.8) is 0 Å². The van der Waals surface area contributed by atoms with Crippen molar-refractivity contribution < 1.29 is 14.4 Å². The first-order chi connectivity index (χ1) is 16.2. The number of H-pyrrole nitrogens is 1. The molecule has 12 nitrogen and oxygen atoms in total. The molecule has 0 amide bonds. The van der Waals surface area contributed by atoms with Crippen molar-refractivity contribution >= 4 is 83.7 Å². The zero-order chi connectivity index (χ0) is 26.5. The number of aromatic amines is 1. The van der Waals surface area contributed by atoms with Gasteiger partial charge in [0.05, 0.1) is 44.9 Å². The molecule has 0 saturated carbocycles. The first kappa shape index (κ1) is 28.3. The van der Waals surface area contributed by atoms with Gasteiger partial charge in [-0.25, -0.2) is 4.98 Å². The third-order valence-corrected chi connectivity index (χ3v) is 4.48. The lowest BCUT2D eigenvalue weighted by Crippen LogP contribution is -2.09. The molecule has 0 aliphatic carbocycles. The van der Waals surface area contributed by atoms with E-state index in [-0.39, 0.29) is 16.1 Å². The number of hydrogen-bond donors (Lipinski definition) is 1. The molecule has 0 saturated heterocycles. The number of hydrogen-bond acceptors (Lipinski definition) is 9. The molecule has 17 heteroatoms. The molecule has 4 rings (SSSR count). The largest absolute Gasteiger partial charge is 0.354 e. The molecule has 0 bridgehead atoms. The number of aryl methyl sites for hydroxylation is 2. The van der Waals surface area contributed by atoms with Gasteiger partial charge in [-0.15, -0.1) is 0 Å². The average Bonchev–Trinajstić information content (AvgIpc) is 2.74. The molecule has 0 atom stereocenters. The van der Waals surface area contributed by atoms with Gasteiger partial charge in [0.2, 0.25) is 0 Å². The van der Waals surface area contributed by atoms with Crippen LogP contribution in [0.2, 0.25) is 5.02 Å². The predicted octanol–water partition coefficient (Wildman–Crippen LogP) is 6.45. The predicted molar refractivity (Wildman–Crippen MR) is 135 cm³/mol. The van der Waals surface area contributed by atoms with Crippen LogP contribution in [-0.2, 0) is 4.57 Å². The van der Waals surface area contributed by atoms with Gasteiger partial charge in [-0.1, -0.05) is 11.6 Å². The SMILES string of the molecule is Cc1cc2c(=O)c([N+](=O)[O-])c[nH]c2cn1.Cc1cc2c(Cl)c([N+](=O)[O-])cnc2cn1.O=P(Cl)(Cl)Cl. The van der Waals surface area contributed by atoms with Crippen LogP contribution in [0.5, 0.6) is 0 Å². The summed E-state index contributed by atoms with van der Waals surface area (Å²) in [7, 11) is 0. The molecule has 0 aliphatic rings. The van der Waals surface area contributed by atoms with E-state index in [9.17, 15) is 29.6 Å². The van der Waals surface area contributed by atoms with Gasteiger partial charge in [-0.05, 0) is 59.7 Å². The second-order valence-corrected chi connectivity index (χ2v) is 13.6. The van der Waals surface area contributed by atoms with Crippen molar-refractivity contribution in [1.29, 1.82) is 0 Å². The van der Waals surface area contributed by atoms with Gasteiger partial charge in [0.1, 0.15) is 11.2 Å². The molecule has 0 aliphatic heterocycles. The number of nitro groups is 2. The molecule has 35 heavy (non-hydrogen) atoms. The smallest absolute Gasteiger partial charge is 0.339 e. The number of halogens is 4. The summed E-state index contributed by atoms with van der Waals surface area (Å²) in [4.78, 5) is 46.1. The molecular formula is C18H13Cl4N6O6P. The molecule has 184 valence electrons. The Balaban J connectivity index is 0.000000208. The highest BCUT2D eigenvalue weighted by molar-refractivity contribution is 8.24. The zero-order valence-corrected chi connectivity index (χ0v) is 21.5. The van der Waals surface area contributed by atoms with Crippen LogP contribution < -0.4 is 5.43 Å². The van der Waals surface area contributed by atoms with Crippen molar-refractivity contribution in [1.82, 2.24) is 19.9 Å². The van der Waals surface area contributed by atoms with Gasteiger partial charge >= 0.3 is 16.6 Å². The van der Waals surface area contributed by atoms with Crippen LogP contribution in [-0.4, -0.2) is 29.8 Å². The molecule has 0 unspecified atom stereocenters. The summed E-state index contributed by atoms with van der Waals surface area (Å²) in [5.41, 5.74) is 1.22. The molecular weight excluding hydrogens is 569 g/mol. The van der Waals surface area contributed by atoms with E-state index in [4.69, 9.17) is 11.6 Å². The number of fused-ring (bicyclic) bond motifs is 2. The second kappa shape index (κ2) is 11.7. The van der Waals surface area contributed by atoms with E-state index in [0.717, 1.165) is 18.1 Å². The number of aromatic nitrogens is 4. The maximum atomic E-state index is 11.6. The van der Waals surface area contributed by atoms with Gasteiger partial charge in [0.15, 0.2) is 0 Å². The van der Waals surface area contributed by atoms with Crippen molar-refractivity contribution in [2.45, 2.75) is 13.8 Å². The maximum absolute atomic E-state index is 11.6. The molecule has 1 N–H and O–H groups in total. The molecule has 0 aromatic carbocycles. The van der Waals surface area contributed by atoms with Crippen LogP contribution in [0.1, 0.15) is 11.4 Å². The summed E-state index contributed by atoms with van der Waals surface area (Å²) >= 11 is 19.7. The van der Waals surface area contributed by atoms with Gasteiger partial charge in [-0.2, -0.15) is 0 Å². The molecule has 0 spiro atoms. The fourth-order valence-electron chi connectivity index (χ4n) is 2.63. The molecule has 4 aromatic heterocycles. The van der Waals surface area contributed by atoms with Crippen LogP contribution in [0.15, 0.2) is 41.7 Å². The van der Waals surface area contributed by atoms with Gasteiger partial charge in [0.25, 0.3) is 5.43 Å². The summed E-state index contributed by atoms with van der Waals surface area (Å²) in [5.74, 6) is 0.